The number of rotatable bonds is 2. The Morgan fingerprint density at radius 1 is 1.56 bits per heavy atom. The molecule has 2 rings (SSSR count). The molecule has 1 aromatic heterocycles. The molecule has 1 aliphatic rings. The van der Waals surface area contributed by atoms with E-state index in [-0.39, 0.29) is 6.10 Å². The standard InChI is InChI=1S/C9H12BrNO3S2/c1-7-6-11(4-5-14-7)16(12,13)9-3-2-8(10)15-9/h2-3,7H,4-6H2,1H3/t7-/m1/s1. The summed E-state index contributed by atoms with van der Waals surface area (Å²) in [5, 5.41) is 0. The van der Waals surface area contributed by atoms with Crippen LogP contribution in [-0.2, 0) is 14.8 Å². The lowest BCUT2D eigenvalue weighted by Gasteiger charge is -2.29. The Labute approximate surface area is 107 Å². The van der Waals surface area contributed by atoms with E-state index < -0.39 is 10.0 Å². The van der Waals surface area contributed by atoms with Crippen molar-refractivity contribution < 1.29 is 13.2 Å². The molecule has 0 amide bonds. The van der Waals surface area contributed by atoms with Crippen molar-refractivity contribution in [2.45, 2.75) is 17.2 Å². The van der Waals surface area contributed by atoms with Crippen molar-refractivity contribution in [1.82, 2.24) is 4.31 Å². The summed E-state index contributed by atoms with van der Waals surface area (Å²) >= 11 is 4.51. The fraction of sp³-hybridized carbons (Fsp3) is 0.556. The van der Waals surface area contributed by atoms with Crippen LogP contribution in [0.5, 0.6) is 0 Å². The van der Waals surface area contributed by atoms with Gasteiger partial charge in [-0.2, -0.15) is 4.31 Å². The van der Waals surface area contributed by atoms with E-state index in [1.807, 2.05) is 6.92 Å². The van der Waals surface area contributed by atoms with Gasteiger partial charge in [0, 0.05) is 13.1 Å². The summed E-state index contributed by atoms with van der Waals surface area (Å²) < 4.78 is 32.4. The van der Waals surface area contributed by atoms with Gasteiger partial charge in [0.25, 0.3) is 10.0 Å². The quantitative estimate of drug-likeness (QED) is 0.834. The Morgan fingerprint density at radius 2 is 2.31 bits per heavy atom. The Morgan fingerprint density at radius 3 is 2.88 bits per heavy atom. The van der Waals surface area contributed by atoms with Crippen molar-refractivity contribution in [2.24, 2.45) is 0 Å². The van der Waals surface area contributed by atoms with Crippen molar-refractivity contribution in [1.29, 1.82) is 0 Å². The van der Waals surface area contributed by atoms with E-state index in [4.69, 9.17) is 4.74 Å². The lowest BCUT2D eigenvalue weighted by Crippen LogP contribution is -2.44. The van der Waals surface area contributed by atoms with Crippen molar-refractivity contribution in [2.75, 3.05) is 19.7 Å². The third kappa shape index (κ3) is 2.48. The third-order valence-electron chi connectivity index (χ3n) is 2.35. The molecule has 0 bridgehead atoms. The van der Waals surface area contributed by atoms with Gasteiger partial charge in [-0.05, 0) is 35.0 Å². The molecule has 1 aromatic rings. The SMILES string of the molecule is C[C@@H]1CN(S(=O)(=O)c2ccc(Br)s2)CCO1. The number of ether oxygens (including phenoxy) is 1. The molecular formula is C9H12BrNO3S2. The van der Waals surface area contributed by atoms with Crippen LogP contribution in [0.1, 0.15) is 6.92 Å². The molecule has 1 aliphatic heterocycles. The van der Waals surface area contributed by atoms with E-state index >= 15 is 0 Å². The average Bonchev–Trinajstić information content (AvgIpc) is 2.65. The number of hydrogen-bond donors (Lipinski definition) is 0. The number of nitrogens with zero attached hydrogens (tertiary/aromatic N) is 1. The smallest absolute Gasteiger partial charge is 0.252 e. The highest BCUT2D eigenvalue weighted by Crippen LogP contribution is 2.29. The third-order valence-corrected chi connectivity index (χ3v) is 6.30. The second kappa shape index (κ2) is 4.73. The second-order valence-electron chi connectivity index (χ2n) is 3.60. The highest BCUT2D eigenvalue weighted by atomic mass is 79.9. The molecule has 0 N–H and O–H groups in total. The van der Waals surface area contributed by atoms with E-state index in [9.17, 15) is 8.42 Å². The fourth-order valence-electron chi connectivity index (χ4n) is 1.57. The number of morpholine rings is 1. The topological polar surface area (TPSA) is 46.6 Å². The number of sulfonamides is 1. The van der Waals surface area contributed by atoms with Gasteiger partial charge in [0.15, 0.2) is 0 Å². The largest absolute Gasteiger partial charge is 0.376 e. The lowest BCUT2D eigenvalue weighted by molar-refractivity contribution is 0.0102. The molecule has 7 heteroatoms. The maximum absolute atomic E-state index is 12.2. The molecule has 0 spiro atoms. The molecule has 16 heavy (non-hydrogen) atoms. The van der Waals surface area contributed by atoms with Crippen LogP contribution >= 0.6 is 27.3 Å². The highest BCUT2D eigenvalue weighted by Gasteiger charge is 2.30. The highest BCUT2D eigenvalue weighted by molar-refractivity contribution is 9.11. The first-order valence-electron chi connectivity index (χ1n) is 4.87. The first-order valence-corrected chi connectivity index (χ1v) is 7.92. The van der Waals surface area contributed by atoms with E-state index in [1.165, 1.54) is 15.6 Å². The van der Waals surface area contributed by atoms with Gasteiger partial charge < -0.3 is 4.74 Å². The van der Waals surface area contributed by atoms with Crippen LogP contribution in [0.3, 0.4) is 0 Å². The predicted molar refractivity (Wildman–Crippen MR) is 66.2 cm³/mol. The summed E-state index contributed by atoms with van der Waals surface area (Å²) in [6.07, 6.45) is -0.0353. The Hall–Kier alpha value is 0.0500. The van der Waals surface area contributed by atoms with Crippen molar-refractivity contribution in [3.8, 4) is 0 Å². The Balaban J connectivity index is 2.25. The minimum absolute atomic E-state index is 0.0353. The molecule has 4 nitrogen and oxygen atoms in total. The molecule has 0 unspecified atom stereocenters. The van der Waals surface area contributed by atoms with E-state index in [0.717, 1.165) is 3.79 Å². The zero-order chi connectivity index (χ0) is 11.8. The summed E-state index contributed by atoms with van der Waals surface area (Å²) in [6.45, 7) is 3.21. The van der Waals surface area contributed by atoms with E-state index in [0.29, 0.717) is 23.9 Å². The van der Waals surface area contributed by atoms with E-state index in [2.05, 4.69) is 15.9 Å². The predicted octanol–water partition coefficient (Wildman–Crippen LogP) is 1.92. The second-order valence-corrected chi connectivity index (χ2v) is 8.23. The molecule has 0 aliphatic carbocycles. The van der Waals surface area contributed by atoms with Gasteiger partial charge in [-0.15, -0.1) is 11.3 Å². The van der Waals surface area contributed by atoms with Gasteiger partial charge in [0.05, 0.1) is 16.5 Å². The maximum Gasteiger partial charge on any atom is 0.252 e. The molecule has 0 radical (unpaired) electrons. The zero-order valence-electron chi connectivity index (χ0n) is 8.72. The Bertz CT molecular complexity index is 471. The molecule has 1 fully saturated rings. The number of hydrogen-bond acceptors (Lipinski definition) is 4. The maximum atomic E-state index is 12.2. The fourth-order valence-corrected chi connectivity index (χ4v) is 5.23. The molecule has 1 saturated heterocycles. The lowest BCUT2D eigenvalue weighted by atomic mass is 10.3. The van der Waals surface area contributed by atoms with Gasteiger partial charge in [0.2, 0.25) is 0 Å². The summed E-state index contributed by atoms with van der Waals surface area (Å²) in [5.74, 6) is 0. The first-order chi connectivity index (χ1) is 7.50. The van der Waals surface area contributed by atoms with Crippen molar-refractivity contribution in [3.05, 3.63) is 15.9 Å². The van der Waals surface area contributed by atoms with Gasteiger partial charge in [-0.1, -0.05) is 0 Å². The molecule has 1 atom stereocenters. The molecule has 0 saturated carbocycles. The van der Waals surface area contributed by atoms with E-state index in [1.54, 1.807) is 12.1 Å². The molecular weight excluding hydrogens is 314 g/mol. The van der Waals surface area contributed by atoms with Crippen LogP contribution < -0.4 is 0 Å². The van der Waals surface area contributed by atoms with Crippen LogP contribution in [0.15, 0.2) is 20.1 Å². The summed E-state index contributed by atoms with van der Waals surface area (Å²) in [7, 11) is -3.33. The van der Waals surface area contributed by atoms with Gasteiger partial charge in [-0.25, -0.2) is 8.42 Å². The normalized spacial score (nSPS) is 23.5. The van der Waals surface area contributed by atoms with Crippen molar-refractivity contribution >= 4 is 37.3 Å². The summed E-state index contributed by atoms with van der Waals surface area (Å²) in [5.41, 5.74) is 0. The van der Waals surface area contributed by atoms with Crippen LogP contribution in [0, 0.1) is 0 Å². The average molecular weight is 326 g/mol. The van der Waals surface area contributed by atoms with Crippen LogP contribution in [-0.4, -0.2) is 38.5 Å². The number of thiophene rings is 1. The summed E-state index contributed by atoms with van der Waals surface area (Å²) in [6, 6.07) is 3.38. The molecule has 90 valence electrons. The van der Waals surface area contributed by atoms with Gasteiger partial charge in [0.1, 0.15) is 4.21 Å². The molecule has 2 heterocycles. The molecule has 0 aromatic carbocycles. The van der Waals surface area contributed by atoms with Gasteiger partial charge in [-0.3, -0.25) is 0 Å². The summed E-state index contributed by atoms with van der Waals surface area (Å²) in [4.78, 5) is 0. The number of halogens is 1. The zero-order valence-corrected chi connectivity index (χ0v) is 11.9. The van der Waals surface area contributed by atoms with Crippen LogP contribution in [0.25, 0.3) is 0 Å². The van der Waals surface area contributed by atoms with Crippen molar-refractivity contribution in [3.63, 3.8) is 0 Å². The Kier molecular flexibility index (Phi) is 3.70. The first kappa shape index (κ1) is 12.5. The minimum atomic E-state index is -3.33. The van der Waals surface area contributed by atoms with Gasteiger partial charge >= 0.3 is 0 Å². The monoisotopic (exact) mass is 325 g/mol. The van der Waals surface area contributed by atoms with Crippen LogP contribution in [0.4, 0.5) is 0 Å². The minimum Gasteiger partial charge on any atom is -0.376 e. The van der Waals surface area contributed by atoms with Crippen LogP contribution in [0.2, 0.25) is 0 Å².